The first-order valence-electron chi connectivity index (χ1n) is 6.27. The number of fused-ring (bicyclic) bond motifs is 1. The van der Waals surface area contributed by atoms with Crippen LogP contribution in [0, 0.1) is 17.1 Å². The molecule has 0 radical (unpaired) electrons. The quantitative estimate of drug-likeness (QED) is 0.670. The fourth-order valence-electron chi connectivity index (χ4n) is 2.24. The number of hydrogen-bond acceptors (Lipinski definition) is 3. The molecule has 0 amide bonds. The van der Waals surface area contributed by atoms with Crippen LogP contribution in [-0.2, 0) is 0 Å². The molecule has 2 aromatic carbocycles. The van der Waals surface area contributed by atoms with E-state index in [-0.39, 0.29) is 11.5 Å². The van der Waals surface area contributed by atoms with Gasteiger partial charge in [-0.25, -0.2) is 9.37 Å². The maximum atomic E-state index is 13.1. The third-order valence-corrected chi connectivity index (χ3v) is 3.24. The van der Waals surface area contributed by atoms with Gasteiger partial charge in [-0.3, -0.25) is 4.79 Å². The lowest BCUT2D eigenvalue weighted by atomic mass is 9.99. The summed E-state index contributed by atoms with van der Waals surface area (Å²) in [6, 6.07) is 14.8. The van der Waals surface area contributed by atoms with Crippen LogP contribution in [-0.4, -0.2) is 11.3 Å². The van der Waals surface area contributed by atoms with Crippen molar-refractivity contribution in [2.45, 2.75) is 0 Å². The summed E-state index contributed by atoms with van der Waals surface area (Å²) in [5.41, 5.74) is 2.89. The number of carbonyl (C=O) groups excluding carboxylic acids is 1. The van der Waals surface area contributed by atoms with Crippen LogP contribution in [0.5, 0.6) is 0 Å². The summed E-state index contributed by atoms with van der Waals surface area (Å²) in [7, 11) is 0. The van der Waals surface area contributed by atoms with Crippen molar-refractivity contribution in [3.05, 3.63) is 65.6 Å². The molecule has 0 saturated heterocycles. The molecule has 0 spiro atoms. The minimum atomic E-state index is -0.319. The average Bonchev–Trinajstić information content (AvgIpc) is 2.54. The van der Waals surface area contributed by atoms with Gasteiger partial charge in [0.2, 0.25) is 0 Å². The summed E-state index contributed by atoms with van der Waals surface area (Å²) >= 11 is 0. The van der Waals surface area contributed by atoms with Crippen LogP contribution < -0.4 is 0 Å². The molecule has 21 heavy (non-hydrogen) atoms. The fraction of sp³-hybridized carbons (Fsp3) is 0. The molecule has 100 valence electrons. The smallest absolute Gasteiger partial charge is 0.150 e. The van der Waals surface area contributed by atoms with E-state index in [1.807, 2.05) is 6.07 Å². The van der Waals surface area contributed by atoms with Gasteiger partial charge < -0.3 is 0 Å². The number of nitriles is 1. The second-order valence-corrected chi connectivity index (χ2v) is 4.57. The predicted molar refractivity (Wildman–Crippen MR) is 77.2 cm³/mol. The highest BCUT2D eigenvalue weighted by Crippen LogP contribution is 2.29. The maximum Gasteiger partial charge on any atom is 0.150 e. The standard InChI is InChI=1S/C17H9FN2O/c18-13-4-2-12(3-5-13)16-8-14(9-19)20-17-7-11(10-21)1-6-15(16)17/h1-8,10H. The number of benzene rings is 2. The topological polar surface area (TPSA) is 53.8 Å². The van der Waals surface area contributed by atoms with Crippen molar-refractivity contribution < 1.29 is 9.18 Å². The van der Waals surface area contributed by atoms with Crippen molar-refractivity contribution in [1.29, 1.82) is 5.26 Å². The summed E-state index contributed by atoms with van der Waals surface area (Å²) in [6.07, 6.45) is 0.734. The molecule has 0 aliphatic heterocycles. The van der Waals surface area contributed by atoms with Gasteiger partial charge in [0.05, 0.1) is 5.52 Å². The lowest BCUT2D eigenvalue weighted by Gasteiger charge is -2.08. The van der Waals surface area contributed by atoms with Crippen molar-refractivity contribution in [2.75, 3.05) is 0 Å². The van der Waals surface area contributed by atoms with Gasteiger partial charge in [-0.05, 0) is 35.4 Å². The number of hydrogen-bond donors (Lipinski definition) is 0. The molecule has 0 N–H and O–H groups in total. The zero-order chi connectivity index (χ0) is 14.8. The van der Waals surface area contributed by atoms with E-state index in [0.29, 0.717) is 11.1 Å². The van der Waals surface area contributed by atoms with Gasteiger partial charge in [-0.2, -0.15) is 5.26 Å². The van der Waals surface area contributed by atoms with E-state index in [4.69, 9.17) is 5.26 Å². The van der Waals surface area contributed by atoms with E-state index in [2.05, 4.69) is 4.98 Å². The molecule has 1 aromatic heterocycles. The van der Waals surface area contributed by atoms with Crippen molar-refractivity contribution in [2.24, 2.45) is 0 Å². The second-order valence-electron chi connectivity index (χ2n) is 4.57. The summed E-state index contributed by atoms with van der Waals surface area (Å²) in [4.78, 5) is 15.1. The van der Waals surface area contributed by atoms with E-state index in [9.17, 15) is 9.18 Å². The number of aromatic nitrogens is 1. The van der Waals surface area contributed by atoms with E-state index < -0.39 is 0 Å². The van der Waals surface area contributed by atoms with E-state index in [1.54, 1.807) is 36.4 Å². The van der Waals surface area contributed by atoms with Crippen LogP contribution in [0.4, 0.5) is 4.39 Å². The summed E-state index contributed by atoms with van der Waals surface area (Å²) in [6.45, 7) is 0. The molecule has 3 nitrogen and oxygen atoms in total. The molecule has 3 aromatic rings. The molecule has 0 atom stereocenters. The largest absolute Gasteiger partial charge is 0.298 e. The summed E-state index contributed by atoms with van der Waals surface area (Å²) in [5, 5.41) is 9.91. The second kappa shape index (κ2) is 5.14. The Morgan fingerprint density at radius 2 is 1.86 bits per heavy atom. The van der Waals surface area contributed by atoms with E-state index in [1.165, 1.54) is 12.1 Å². The van der Waals surface area contributed by atoms with Crippen molar-refractivity contribution in [3.63, 3.8) is 0 Å². The zero-order valence-corrected chi connectivity index (χ0v) is 10.9. The average molecular weight is 276 g/mol. The van der Waals surface area contributed by atoms with Gasteiger partial charge in [0.1, 0.15) is 23.9 Å². The first-order chi connectivity index (χ1) is 10.2. The molecule has 0 aliphatic rings. The first-order valence-corrected chi connectivity index (χ1v) is 6.27. The Kier molecular flexibility index (Phi) is 3.17. The molecule has 0 bridgehead atoms. The number of rotatable bonds is 2. The maximum absolute atomic E-state index is 13.1. The van der Waals surface area contributed by atoms with Crippen molar-refractivity contribution in [1.82, 2.24) is 4.98 Å². The van der Waals surface area contributed by atoms with Gasteiger partial charge in [0.15, 0.2) is 0 Å². The minimum absolute atomic E-state index is 0.255. The van der Waals surface area contributed by atoms with Crippen molar-refractivity contribution in [3.8, 4) is 17.2 Å². The van der Waals surface area contributed by atoms with Crippen LogP contribution in [0.1, 0.15) is 16.1 Å². The number of halogens is 1. The normalized spacial score (nSPS) is 10.3. The molecule has 0 unspecified atom stereocenters. The highest BCUT2D eigenvalue weighted by Gasteiger charge is 2.09. The van der Waals surface area contributed by atoms with Crippen LogP contribution in [0.25, 0.3) is 22.0 Å². The summed E-state index contributed by atoms with van der Waals surface area (Å²) < 4.78 is 13.1. The molecule has 0 saturated carbocycles. The Morgan fingerprint density at radius 3 is 2.52 bits per heavy atom. The molecule has 1 heterocycles. The summed E-state index contributed by atoms with van der Waals surface area (Å²) in [5.74, 6) is -0.319. The highest BCUT2D eigenvalue weighted by molar-refractivity contribution is 5.97. The Bertz CT molecular complexity index is 880. The lowest BCUT2D eigenvalue weighted by Crippen LogP contribution is -1.91. The van der Waals surface area contributed by atoms with Gasteiger partial charge in [0.25, 0.3) is 0 Å². The van der Waals surface area contributed by atoms with Gasteiger partial charge in [0, 0.05) is 10.9 Å². The van der Waals surface area contributed by atoms with Crippen LogP contribution in [0.3, 0.4) is 0 Å². The van der Waals surface area contributed by atoms with E-state index in [0.717, 1.165) is 22.8 Å². The van der Waals surface area contributed by atoms with Gasteiger partial charge in [-0.1, -0.05) is 24.3 Å². The van der Waals surface area contributed by atoms with Crippen LogP contribution in [0.15, 0.2) is 48.5 Å². The molecule has 3 rings (SSSR count). The molecular weight excluding hydrogens is 267 g/mol. The van der Waals surface area contributed by atoms with Crippen LogP contribution >= 0.6 is 0 Å². The number of carbonyl (C=O) groups is 1. The predicted octanol–water partition coefficient (Wildman–Crippen LogP) is 3.73. The SMILES string of the molecule is N#Cc1cc(-c2ccc(F)cc2)c2ccc(C=O)cc2n1. The van der Waals surface area contributed by atoms with Crippen molar-refractivity contribution >= 4 is 17.2 Å². The lowest BCUT2D eigenvalue weighted by molar-refractivity contribution is 0.112. The monoisotopic (exact) mass is 276 g/mol. The highest BCUT2D eigenvalue weighted by atomic mass is 19.1. The Balaban J connectivity index is 2.32. The molecular formula is C17H9FN2O. The number of aldehydes is 1. The third-order valence-electron chi connectivity index (χ3n) is 3.24. The van der Waals surface area contributed by atoms with Gasteiger partial charge in [-0.15, -0.1) is 0 Å². The Hall–Kier alpha value is -3.06. The Morgan fingerprint density at radius 1 is 1.10 bits per heavy atom. The minimum Gasteiger partial charge on any atom is -0.298 e. The molecule has 0 fully saturated rings. The number of pyridine rings is 1. The zero-order valence-electron chi connectivity index (χ0n) is 10.9. The fourth-order valence-corrected chi connectivity index (χ4v) is 2.24. The number of nitrogens with zero attached hydrogens (tertiary/aromatic N) is 2. The molecule has 4 heteroatoms. The van der Waals surface area contributed by atoms with E-state index >= 15 is 0 Å². The van der Waals surface area contributed by atoms with Crippen LogP contribution in [0.2, 0.25) is 0 Å². The first kappa shape index (κ1) is 12.9. The molecule has 0 aliphatic carbocycles. The van der Waals surface area contributed by atoms with Gasteiger partial charge >= 0.3 is 0 Å². The Labute approximate surface area is 120 Å². The third kappa shape index (κ3) is 2.37.